The summed E-state index contributed by atoms with van der Waals surface area (Å²) in [5.74, 6) is -0.0793. The lowest BCUT2D eigenvalue weighted by Gasteiger charge is -2.18. The van der Waals surface area contributed by atoms with E-state index in [0.717, 1.165) is 5.56 Å². The molecule has 1 aromatic carbocycles. The molecule has 0 amide bonds. The molecule has 0 aliphatic carbocycles. The van der Waals surface area contributed by atoms with Crippen LogP contribution in [0, 0.1) is 6.92 Å². The lowest BCUT2D eigenvalue weighted by atomic mass is 10.0. The van der Waals surface area contributed by atoms with E-state index in [-0.39, 0.29) is 5.75 Å². The third kappa shape index (κ3) is 2.75. The molecule has 0 aliphatic rings. The Balaban J connectivity index is 3.04. The van der Waals surface area contributed by atoms with Gasteiger partial charge in [-0.15, -0.1) is 11.6 Å². The number of rotatable bonds is 4. The molecule has 0 fully saturated rings. The second kappa shape index (κ2) is 5.17. The minimum atomic E-state index is -3.45. The molecule has 1 N–H and O–H groups in total. The zero-order valence-electron chi connectivity index (χ0n) is 9.22. The van der Waals surface area contributed by atoms with Crippen molar-refractivity contribution in [3.05, 3.63) is 35.4 Å². The van der Waals surface area contributed by atoms with E-state index >= 15 is 0 Å². The molecule has 1 aromatic rings. The van der Waals surface area contributed by atoms with Crippen LogP contribution in [0.4, 0.5) is 0 Å². The first kappa shape index (κ1) is 13.5. The van der Waals surface area contributed by atoms with Crippen molar-refractivity contribution < 1.29 is 13.5 Å². The molecule has 0 heterocycles. The predicted octanol–water partition coefficient (Wildman–Crippen LogP) is 2.03. The van der Waals surface area contributed by atoms with Crippen molar-refractivity contribution in [1.82, 2.24) is 0 Å². The van der Waals surface area contributed by atoms with E-state index in [2.05, 4.69) is 0 Å². The van der Waals surface area contributed by atoms with Crippen LogP contribution >= 0.6 is 11.6 Å². The number of alkyl halides is 1. The van der Waals surface area contributed by atoms with E-state index in [4.69, 9.17) is 11.6 Å². The number of aryl methyl sites for hydroxylation is 1. The van der Waals surface area contributed by atoms with Gasteiger partial charge < -0.3 is 5.11 Å². The fraction of sp³-hybridized carbons (Fsp3) is 0.455. The van der Waals surface area contributed by atoms with E-state index in [1.165, 1.54) is 6.92 Å². The van der Waals surface area contributed by atoms with Gasteiger partial charge in [0.05, 0.1) is 0 Å². The molecule has 2 unspecified atom stereocenters. The second-order valence-corrected chi connectivity index (χ2v) is 6.74. The fourth-order valence-electron chi connectivity index (χ4n) is 1.42. The molecule has 0 saturated heterocycles. The van der Waals surface area contributed by atoms with E-state index < -0.39 is 20.7 Å². The van der Waals surface area contributed by atoms with Crippen molar-refractivity contribution in [2.75, 3.05) is 5.75 Å². The molecule has 0 saturated carbocycles. The highest BCUT2D eigenvalue weighted by Crippen LogP contribution is 2.27. The Morgan fingerprint density at radius 3 is 2.44 bits per heavy atom. The minimum Gasteiger partial charge on any atom is -0.386 e. The van der Waals surface area contributed by atoms with Gasteiger partial charge in [-0.25, -0.2) is 8.42 Å². The molecule has 5 heteroatoms. The standard InChI is InChI=1S/C11H15ClO3S/c1-3-16(14,15)11(12)10(13)9-7-5-4-6-8(9)2/h4-7,10-11,13H,3H2,1-2H3. The quantitative estimate of drug-likeness (QED) is 0.845. The van der Waals surface area contributed by atoms with Crippen LogP contribution in [0.3, 0.4) is 0 Å². The Kier molecular flexibility index (Phi) is 4.35. The molecule has 0 radical (unpaired) electrons. The molecule has 90 valence electrons. The number of halogens is 1. The molecular weight excluding hydrogens is 248 g/mol. The molecule has 1 rings (SSSR count). The van der Waals surface area contributed by atoms with E-state index in [0.29, 0.717) is 5.56 Å². The van der Waals surface area contributed by atoms with Crippen LogP contribution in [-0.4, -0.2) is 24.0 Å². The summed E-state index contributed by atoms with van der Waals surface area (Å²) >= 11 is 5.79. The summed E-state index contributed by atoms with van der Waals surface area (Å²) in [4.78, 5) is 0. The zero-order valence-corrected chi connectivity index (χ0v) is 10.8. The van der Waals surface area contributed by atoms with Gasteiger partial charge in [0.1, 0.15) is 6.10 Å². The highest BCUT2D eigenvalue weighted by atomic mass is 35.5. The van der Waals surface area contributed by atoms with Crippen LogP contribution in [0.5, 0.6) is 0 Å². The first-order valence-electron chi connectivity index (χ1n) is 4.99. The van der Waals surface area contributed by atoms with Gasteiger partial charge in [0, 0.05) is 5.75 Å². The molecular formula is C11H15ClO3S. The summed E-state index contributed by atoms with van der Waals surface area (Å²) in [6.45, 7) is 3.32. The van der Waals surface area contributed by atoms with Gasteiger partial charge in [-0.2, -0.15) is 0 Å². The molecule has 16 heavy (non-hydrogen) atoms. The molecule has 3 nitrogen and oxygen atoms in total. The highest BCUT2D eigenvalue weighted by molar-refractivity contribution is 7.93. The Morgan fingerprint density at radius 2 is 1.94 bits per heavy atom. The van der Waals surface area contributed by atoms with Crippen LogP contribution in [0.25, 0.3) is 0 Å². The van der Waals surface area contributed by atoms with Gasteiger partial charge in [-0.3, -0.25) is 0 Å². The first-order valence-corrected chi connectivity index (χ1v) is 7.14. The van der Waals surface area contributed by atoms with Crippen molar-refractivity contribution >= 4 is 21.4 Å². The maximum Gasteiger partial charge on any atom is 0.169 e. The highest BCUT2D eigenvalue weighted by Gasteiger charge is 2.30. The lowest BCUT2D eigenvalue weighted by Crippen LogP contribution is -2.25. The number of hydrogen-bond acceptors (Lipinski definition) is 3. The van der Waals surface area contributed by atoms with Crippen LogP contribution in [0.2, 0.25) is 0 Å². The normalized spacial score (nSPS) is 15.8. The predicted molar refractivity (Wildman–Crippen MR) is 65.2 cm³/mol. The third-order valence-electron chi connectivity index (χ3n) is 2.50. The summed E-state index contributed by atoms with van der Waals surface area (Å²) < 4.78 is 21.8. The number of hydrogen-bond donors (Lipinski definition) is 1. The lowest BCUT2D eigenvalue weighted by molar-refractivity contribution is 0.191. The third-order valence-corrected chi connectivity index (χ3v) is 5.30. The molecule has 0 spiro atoms. The van der Waals surface area contributed by atoms with E-state index in [1.54, 1.807) is 25.1 Å². The SMILES string of the molecule is CCS(=O)(=O)C(Cl)C(O)c1ccccc1C. The van der Waals surface area contributed by atoms with E-state index in [1.807, 2.05) is 6.07 Å². The summed E-state index contributed by atoms with van der Waals surface area (Å²) in [6.07, 6.45) is -1.19. The maximum absolute atomic E-state index is 11.5. The van der Waals surface area contributed by atoms with Crippen molar-refractivity contribution in [3.8, 4) is 0 Å². The summed E-state index contributed by atoms with van der Waals surface area (Å²) in [5.41, 5.74) is 1.38. The zero-order chi connectivity index (χ0) is 12.3. The molecule has 0 aromatic heterocycles. The van der Waals surface area contributed by atoms with Gasteiger partial charge in [0.25, 0.3) is 0 Å². The monoisotopic (exact) mass is 262 g/mol. The summed E-state index contributed by atoms with van der Waals surface area (Å²) in [6, 6.07) is 7.05. The Hall–Kier alpha value is -0.580. The Labute approximate surface area is 101 Å². The number of benzene rings is 1. The molecule has 0 bridgehead atoms. The van der Waals surface area contributed by atoms with Crippen LogP contribution in [0.1, 0.15) is 24.2 Å². The number of aliphatic hydroxyl groups excluding tert-OH is 1. The molecule has 0 aliphatic heterocycles. The number of aliphatic hydroxyl groups is 1. The van der Waals surface area contributed by atoms with Gasteiger partial charge in [0.15, 0.2) is 14.5 Å². The van der Waals surface area contributed by atoms with Crippen molar-refractivity contribution in [2.24, 2.45) is 0 Å². The van der Waals surface area contributed by atoms with Crippen LogP contribution in [0.15, 0.2) is 24.3 Å². The average Bonchev–Trinajstić information content (AvgIpc) is 2.27. The van der Waals surface area contributed by atoms with Gasteiger partial charge >= 0.3 is 0 Å². The van der Waals surface area contributed by atoms with Gasteiger partial charge in [-0.1, -0.05) is 31.2 Å². The van der Waals surface area contributed by atoms with Crippen LogP contribution < -0.4 is 0 Å². The Bertz CT molecular complexity index is 456. The second-order valence-electron chi connectivity index (χ2n) is 3.60. The maximum atomic E-state index is 11.5. The fourth-order valence-corrected chi connectivity index (χ4v) is 2.79. The first-order chi connectivity index (χ1) is 7.40. The summed E-state index contributed by atoms with van der Waals surface area (Å²) in [5, 5.41) is 9.93. The average molecular weight is 263 g/mol. The van der Waals surface area contributed by atoms with Crippen molar-refractivity contribution in [1.29, 1.82) is 0 Å². The van der Waals surface area contributed by atoms with Gasteiger partial charge in [0.2, 0.25) is 0 Å². The van der Waals surface area contributed by atoms with Crippen molar-refractivity contribution in [3.63, 3.8) is 0 Å². The summed E-state index contributed by atoms with van der Waals surface area (Å²) in [7, 11) is -3.45. The smallest absolute Gasteiger partial charge is 0.169 e. The van der Waals surface area contributed by atoms with Gasteiger partial charge in [-0.05, 0) is 18.1 Å². The van der Waals surface area contributed by atoms with Crippen LogP contribution in [-0.2, 0) is 9.84 Å². The molecule has 2 atom stereocenters. The van der Waals surface area contributed by atoms with Crippen molar-refractivity contribution in [2.45, 2.75) is 24.7 Å². The minimum absolute atomic E-state index is 0.0793. The topological polar surface area (TPSA) is 54.4 Å². The van der Waals surface area contributed by atoms with E-state index in [9.17, 15) is 13.5 Å². The Morgan fingerprint density at radius 1 is 1.38 bits per heavy atom. The largest absolute Gasteiger partial charge is 0.386 e. The number of sulfone groups is 1.